The van der Waals surface area contributed by atoms with E-state index < -0.39 is 6.35 Å². The predicted molar refractivity (Wildman–Crippen MR) is 128 cm³/mol. The predicted octanol–water partition coefficient (Wildman–Crippen LogP) is 5.24. The average molecular weight is 465 g/mol. The molecule has 170 valence electrons. The van der Waals surface area contributed by atoms with E-state index in [0.29, 0.717) is 36.2 Å². The molecule has 0 fully saturated rings. The topological polar surface area (TPSA) is 79.5 Å². The van der Waals surface area contributed by atoms with E-state index in [0.717, 1.165) is 28.2 Å². The summed E-state index contributed by atoms with van der Waals surface area (Å²) >= 11 is 6.42. The number of ether oxygens (including phenoxy) is 2. The second kappa shape index (κ2) is 9.57. The maximum absolute atomic E-state index is 12.6. The first kappa shape index (κ1) is 22.7. The quantitative estimate of drug-likeness (QED) is 0.482. The number of hydrogen-bond acceptors (Lipinski definition) is 6. The molecule has 4 rings (SSSR count). The van der Waals surface area contributed by atoms with Crippen LogP contribution in [0, 0.1) is 18.3 Å². The molecule has 1 aliphatic heterocycles. The van der Waals surface area contributed by atoms with E-state index in [1.165, 1.54) is 0 Å². The van der Waals surface area contributed by atoms with Crippen LogP contribution in [0.1, 0.15) is 41.0 Å². The normalized spacial score (nSPS) is 14.5. The van der Waals surface area contributed by atoms with Gasteiger partial charge in [0.25, 0.3) is 0 Å². The summed E-state index contributed by atoms with van der Waals surface area (Å²) < 4.78 is 12.9. The second-order valence-electron chi connectivity index (χ2n) is 7.62. The lowest BCUT2D eigenvalue weighted by Crippen LogP contribution is -2.38. The number of halogens is 1. The van der Waals surface area contributed by atoms with Crippen LogP contribution in [-0.2, 0) is 16.0 Å². The number of esters is 1. The van der Waals surface area contributed by atoms with Crippen molar-refractivity contribution in [3.05, 3.63) is 76.1 Å². The molecule has 1 unspecified atom stereocenters. The molecular weight excluding hydrogens is 440 g/mol. The zero-order valence-electron chi connectivity index (χ0n) is 18.8. The number of hydrogen-bond donors (Lipinski definition) is 1. The van der Waals surface area contributed by atoms with Gasteiger partial charge in [-0.15, -0.1) is 0 Å². The molecule has 1 aromatic heterocycles. The van der Waals surface area contributed by atoms with Crippen molar-refractivity contribution in [1.29, 1.82) is 5.26 Å². The molecule has 2 aromatic carbocycles. The Balaban J connectivity index is 1.66. The number of benzene rings is 2. The first-order valence-electron chi connectivity index (χ1n) is 10.8. The van der Waals surface area contributed by atoms with Gasteiger partial charge < -0.3 is 19.7 Å². The van der Waals surface area contributed by atoms with Crippen molar-refractivity contribution in [3.63, 3.8) is 0 Å². The third kappa shape index (κ3) is 4.28. The highest BCUT2D eigenvalue weighted by Gasteiger charge is 2.33. The Morgan fingerprint density at radius 1 is 1.18 bits per heavy atom. The lowest BCUT2D eigenvalue weighted by atomic mass is 10.1. The van der Waals surface area contributed by atoms with Gasteiger partial charge in [0.1, 0.15) is 16.9 Å². The summed E-state index contributed by atoms with van der Waals surface area (Å²) in [5.74, 6) is -0.365. The van der Waals surface area contributed by atoms with E-state index >= 15 is 0 Å². The Hall–Kier alpha value is -3.47. The fourth-order valence-electron chi connectivity index (χ4n) is 4.02. The Kier molecular flexibility index (Phi) is 6.59. The maximum Gasteiger partial charge on any atom is 0.340 e. The van der Waals surface area contributed by atoms with Crippen molar-refractivity contribution < 1.29 is 14.3 Å². The van der Waals surface area contributed by atoms with E-state index in [9.17, 15) is 10.1 Å². The highest BCUT2D eigenvalue weighted by Crippen LogP contribution is 2.39. The van der Waals surface area contributed by atoms with Crippen LogP contribution in [0.15, 0.2) is 48.5 Å². The van der Waals surface area contributed by atoms with Crippen LogP contribution in [0.3, 0.4) is 0 Å². The minimum Gasteiger partial charge on any atom is -0.462 e. The van der Waals surface area contributed by atoms with Gasteiger partial charge in [0.2, 0.25) is 6.35 Å². The van der Waals surface area contributed by atoms with Crippen LogP contribution >= 0.6 is 11.6 Å². The highest BCUT2D eigenvalue weighted by atomic mass is 35.5. The minimum atomic E-state index is -0.410. The van der Waals surface area contributed by atoms with Gasteiger partial charge in [0, 0.05) is 18.8 Å². The van der Waals surface area contributed by atoms with Crippen molar-refractivity contribution in [2.75, 3.05) is 23.4 Å². The van der Waals surface area contributed by atoms with Crippen LogP contribution in [0.2, 0.25) is 5.15 Å². The first-order valence-corrected chi connectivity index (χ1v) is 11.2. The lowest BCUT2D eigenvalue weighted by molar-refractivity contribution is 0.0525. The van der Waals surface area contributed by atoms with Gasteiger partial charge in [0.15, 0.2) is 0 Å². The second-order valence-corrected chi connectivity index (χ2v) is 7.98. The molecule has 1 N–H and O–H groups in total. The van der Waals surface area contributed by atoms with Crippen LogP contribution < -0.4 is 10.2 Å². The summed E-state index contributed by atoms with van der Waals surface area (Å²) in [7, 11) is 0. The number of para-hydroxylation sites is 1. The molecule has 8 heteroatoms. The molecule has 0 amide bonds. The monoisotopic (exact) mass is 464 g/mol. The molecule has 1 aliphatic rings. The molecule has 0 spiro atoms. The third-order valence-corrected chi connectivity index (χ3v) is 5.95. The summed E-state index contributed by atoms with van der Waals surface area (Å²) in [5, 5.41) is 13.3. The molecule has 3 aromatic rings. The molecule has 0 saturated heterocycles. The molecule has 1 atom stereocenters. The fourth-order valence-corrected chi connectivity index (χ4v) is 4.26. The van der Waals surface area contributed by atoms with Crippen LogP contribution in [-0.4, -0.2) is 30.1 Å². The number of anilines is 2. The van der Waals surface area contributed by atoms with Crippen molar-refractivity contribution in [1.82, 2.24) is 4.57 Å². The number of fused-ring (bicyclic) bond motifs is 1. The lowest BCUT2D eigenvalue weighted by Gasteiger charge is -2.27. The number of aryl methyl sites for hydroxylation is 1. The summed E-state index contributed by atoms with van der Waals surface area (Å²) in [6.07, 6.45) is -0.410. The fraction of sp³-hybridized carbons (Fsp3) is 0.280. The standard InChI is InChI=1S/C25H25ClN4O3/c1-4-32-24(31)20-7-6-8-21-22(20)29(25(28-21)33-5-2)15-17-9-11-18(12-10-17)30-19(14-27)13-16(3)23(30)26/h6-13,25,28H,4-5,15H2,1-3H3. The van der Waals surface area contributed by atoms with Crippen molar-refractivity contribution in [2.24, 2.45) is 0 Å². The molecule has 0 radical (unpaired) electrons. The molecule has 2 heterocycles. The van der Waals surface area contributed by atoms with Crippen molar-refractivity contribution >= 4 is 28.9 Å². The molecular formula is C25H25ClN4O3. The van der Waals surface area contributed by atoms with E-state index in [1.807, 2.05) is 55.1 Å². The Morgan fingerprint density at radius 3 is 2.61 bits per heavy atom. The largest absolute Gasteiger partial charge is 0.462 e. The average Bonchev–Trinajstić information content (AvgIpc) is 3.31. The number of nitrogens with zero attached hydrogens (tertiary/aromatic N) is 3. The summed E-state index contributed by atoms with van der Waals surface area (Å²) in [6.45, 7) is 6.92. The Bertz CT molecular complexity index is 1210. The summed E-state index contributed by atoms with van der Waals surface area (Å²) in [5.41, 5.74) is 5.23. The van der Waals surface area contributed by atoms with E-state index in [2.05, 4.69) is 11.4 Å². The number of carbonyl (C=O) groups excluding carboxylic acids is 1. The zero-order valence-corrected chi connectivity index (χ0v) is 19.5. The first-order chi connectivity index (χ1) is 16.0. The number of rotatable bonds is 7. The molecule has 0 saturated carbocycles. The SMILES string of the molecule is CCOC(=O)c1cccc2c1N(Cc1ccc(-n3c(C#N)cc(C)c3Cl)cc1)C(OCC)N2. The Morgan fingerprint density at radius 2 is 1.94 bits per heavy atom. The van der Waals surface area contributed by atoms with E-state index in [1.54, 1.807) is 23.6 Å². The number of nitrogens with one attached hydrogen (secondary N) is 1. The van der Waals surface area contributed by atoms with Crippen LogP contribution in [0.5, 0.6) is 0 Å². The number of aromatic nitrogens is 1. The maximum atomic E-state index is 12.6. The minimum absolute atomic E-state index is 0.304. The summed E-state index contributed by atoms with van der Waals surface area (Å²) in [4.78, 5) is 14.6. The smallest absolute Gasteiger partial charge is 0.340 e. The Labute approximate surface area is 198 Å². The molecule has 7 nitrogen and oxygen atoms in total. The molecule has 33 heavy (non-hydrogen) atoms. The molecule has 0 aliphatic carbocycles. The van der Waals surface area contributed by atoms with Gasteiger partial charge >= 0.3 is 5.97 Å². The van der Waals surface area contributed by atoms with E-state index in [-0.39, 0.29) is 5.97 Å². The van der Waals surface area contributed by atoms with Crippen LogP contribution in [0.4, 0.5) is 11.4 Å². The van der Waals surface area contributed by atoms with Gasteiger partial charge in [-0.05, 0) is 62.2 Å². The van der Waals surface area contributed by atoms with Gasteiger partial charge in [-0.25, -0.2) is 4.79 Å². The van der Waals surface area contributed by atoms with Crippen molar-refractivity contribution in [2.45, 2.75) is 33.7 Å². The van der Waals surface area contributed by atoms with Gasteiger partial charge in [-0.2, -0.15) is 5.26 Å². The zero-order chi connectivity index (χ0) is 23.5. The number of nitriles is 1. The van der Waals surface area contributed by atoms with Gasteiger partial charge in [-0.1, -0.05) is 29.8 Å². The number of carbonyl (C=O) groups is 1. The van der Waals surface area contributed by atoms with Gasteiger partial charge in [0.05, 0.1) is 23.5 Å². The third-order valence-electron chi connectivity index (χ3n) is 5.48. The highest BCUT2D eigenvalue weighted by molar-refractivity contribution is 6.30. The summed E-state index contributed by atoms with van der Waals surface area (Å²) in [6, 6.07) is 17.3. The molecule has 0 bridgehead atoms. The van der Waals surface area contributed by atoms with E-state index in [4.69, 9.17) is 21.1 Å². The van der Waals surface area contributed by atoms with Crippen molar-refractivity contribution in [3.8, 4) is 11.8 Å². The van der Waals surface area contributed by atoms with Crippen LogP contribution in [0.25, 0.3) is 5.69 Å². The van der Waals surface area contributed by atoms with Gasteiger partial charge in [-0.3, -0.25) is 4.57 Å².